The molecule has 0 saturated heterocycles. The minimum Gasteiger partial charge on any atom is -0.411 e. The second-order valence-corrected chi connectivity index (χ2v) is 6.25. The number of allylic oxidation sites excluding steroid dienone is 2. The van der Waals surface area contributed by atoms with Crippen molar-refractivity contribution in [2.45, 2.75) is 46.0 Å². The van der Waals surface area contributed by atoms with E-state index in [0.717, 1.165) is 42.9 Å². The van der Waals surface area contributed by atoms with Crippen LogP contribution in [0.3, 0.4) is 0 Å². The molecule has 0 heterocycles. The Hall–Kier alpha value is -1.05. The van der Waals surface area contributed by atoms with E-state index >= 15 is 0 Å². The lowest BCUT2D eigenvalue weighted by Crippen LogP contribution is -2.44. The maximum atomic E-state index is 9.00. The van der Waals surface area contributed by atoms with Crippen molar-refractivity contribution in [2.24, 2.45) is 22.4 Å². The molecule has 2 fully saturated rings. The van der Waals surface area contributed by atoms with Crippen LogP contribution in [0.15, 0.2) is 29.5 Å². The summed E-state index contributed by atoms with van der Waals surface area (Å²) in [6.07, 6.45) is 5.09. The lowest BCUT2D eigenvalue weighted by Gasteiger charge is -2.53. The zero-order chi connectivity index (χ0) is 12.6. The van der Waals surface area contributed by atoms with Gasteiger partial charge in [0.15, 0.2) is 0 Å². The van der Waals surface area contributed by atoms with Gasteiger partial charge < -0.3 is 5.21 Å². The molecule has 2 aliphatic carbocycles. The summed E-state index contributed by atoms with van der Waals surface area (Å²) in [5, 5.41) is 12.4. The van der Waals surface area contributed by atoms with E-state index in [1.54, 1.807) is 0 Å². The molecule has 0 bridgehead atoms. The Morgan fingerprint density at radius 1 is 1.24 bits per heavy atom. The highest BCUT2D eigenvalue weighted by atomic mass is 16.4. The second kappa shape index (κ2) is 4.32. The largest absolute Gasteiger partial charge is 0.411 e. The van der Waals surface area contributed by atoms with Crippen LogP contribution in [0.25, 0.3) is 0 Å². The van der Waals surface area contributed by atoms with Crippen molar-refractivity contribution in [1.82, 2.24) is 0 Å². The molecule has 0 unspecified atom stereocenters. The highest BCUT2D eigenvalue weighted by Gasteiger charge is 2.47. The first kappa shape index (κ1) is 12.4. The van der Waals surface area contributed by atoms with Crippen LogP contribution in [-0.2, 0) is 0 Å². The zero-order valence-corrected chi connectivity index (χ0v) is 11.0. The van der Waals surface area contributed by atoms with Gasteiger partial charge in [0.1, 0.15) is 0 Å². The van der Waals surface area contributed by atoms with Gasteiger partial charge >= 0.3 is 0 Å². The molecule has 0 aromatic rings. The number of fused-ring (bicyclic) bond motifs is 1. The van der Waals surface area contributed by atoms with E-state index in [1.807, 2.05) is 0 Å². The Kier molecular flexibility index (Phi) is 3.15. The van der Waals surface area contributed by atoms with Crippen LogP contribution < -0.4 is 0 Å². The van der Waals surface area contributed by atoms with Crippen LogP contribution in [0.2, 0.25) is 0 Å². The van der Waals surface area contributed by atoms with Crippen LogP contribution in [-0.4, -0.2) is 10.9 Å². The molecule has 0 aromatic heterocycles. The van der Waals surface area contributed by atoms with Gasteiger partial charge in [-0.15, -0.1) is 0 Å². The lowest BCUT2D eigenvalue weighted by atomic mass is 9.52. The highest BCUT2D eigenvalue weighted by molar-refractivity contribution is 5.99. The smallest absolute Gasteiger partial charge is 0.0824 e. The van der Waals surface area contributed by atoms with Crippen molar-refractivity contribution in [3.8, 4) is 0 Å². The fourth-order valence-electron chi connectivity index (χ4n) is 3.50. The summed E-state index contributed by atoms with van der Waals surface area (Å²) >= 11 is 0. The molecule has 2 heteroatoms. The summed E-state index contributed by atoms with van der Waals surface area (Å²) in [6, 6.07) is 0. The minimum atomic E-state index is 0.439. The maximum absolute atomic E-state index is 9.00. The number of hydrogen-bond donors (Lipinski definition) is 1. The molecule has 0 aromatic carbocycles. The Labute approximate surface area is 104 Å². The average molecular weight is 233 g/mol. The van der Waals surface area contributed by atoms with Crippen molar-refractivity contribution in [3.63, 3.8) is 0 Å². The Bertz CT molecular complexity index is 378. The van der Waals surface area contributed by atoms with Crippen molar-refractivity contribution in [2.75, 3.05) is 0 Å². The number of hydrogen-bond acceptors (Lipinski definition) is 2. The van der Waals surface area contributed by atoms with Gasteiger partial charge in [0, 0.05) is 0 Å². The third-order valence-corrected chi connectivity index (χ3v) is 4.73. The van der Waals surface area contributed by atoms with E-state index in [-0.39, 0.29) is 0 Å². The Morgan fingerprint density at radius 3 is 2.53 bits per heavy atom. The van der Waals surface area contributed by atoms with E-state index in [0.29, 0.717) is 11.3 Å². The SMILES string of the molecule is C=C1CC[C@H]2[C@H](CC2(C)C)C(=C)CC/C1=N/O. The quantitative estimate of drug-likeness (QED) is 0.380. The van der Waals surface area contributed by atoms with Crippen molar-refractivity contribution in [3.05, 3.63) is 24.3 Å². The van der Waals surface area contributed by atoms with Crippen molar-refractivity contribution >= 4 is 5.71 Å². The maximum Gasteiger partial charge on any atom is 0.0824 e. The van der Waals surface area contributed by atoms with E-state index < -0.39 is 0 Å². The molecule has 2 atom stereocenters. The third-order valence-electron chi connectivity index (χ3n) is 4.73. The fourth-order valence-corrected chi connectivity index (χ4v) is 3.50. The number of nitrogens with zero attached hydrogens (tertiary/aromatic N) is 1. The topological polar surface area (TPSA) is 32.6 Å². The lowest BCUT2D eigenvalue weighted by molar-refractivity contribution is 0.00412. The Balaban J connectivity index is 2.17. The molecule has 0 amide bonds. The van der Waals surface area contributed by atoms with Crippen molar-refractivity contribution < 1.29 is 5.21 Å². The summed E-state index contributed by atoms with van der Waals surface area (Å²) in [5.41, 5.74) is 3.55. The van der Waals surface area contributed by atoms with E-state index in [4.69, 9.17) is 5.21 Å². The number of oxime groups is 1. The number of rotatable bonds is 0. The van der Waals surface area contributed by atoms with Gasteiger partial charge in [-0.25, -0.2) is 0 Å². The summed E-state index contributed by atoms with van der Waals surface area (Å²) in [4.78, 5) is 0. The predicted octanol–water partition coefficient (Wildman–Crippen LogP) is 4.17. The molecular formula is C15H23NO. The summed E-state index contributed by atoms with van der Waals surface area (Å²) in [5.74, 6) is 1.40. The average Bonchev–Trinajstić information content (AvgIpc) is 2.30. The van der Waals surface area contributed by atoms with Gasteiger partial charge in [-0.05, 0) is 54.9 Å². The van der Waals surface area contributed by atoms with Gasteiger partial charge in [0.2, 0.25) is 0 Å². The summed E-state index contributed by atoms with van der Waals surface area (Å²) in [7, 11) is 0. The zero-order valence-electron chi connectivity index (χ0n) is 11.0. The molecular weight excluding hydrogens is 210 g/mol. The molecule has 1 N–H and O–H groups in total. The molecule has 17 heavy (non-hydrogen) atoms. The molecule has 0 spiro atoms. The molecule has 2 saturated carbocycles. The second-order valence-electron chi connectivity index (χ2n) is 6.25. The normalized spacial score (nSPS) is 35.5. The molecule has 94 valence electrons. The predicted molar refractivity (Wildman–Crippen MR) is 71.3 cm³/mol. The molecule has 0 aliphatic heterocycles. The van der Waals surface area contributed by atoms with E-state index in [9.17, 15) is 0 Å². The van der Waals surface area contributed by atoms with Gasteiger partial charge in [0.05, 0.1) is 5.71 Å². The monoisotopic (exact) mass is 233 g/mol. The van der Waals surface area contributed by atoms with Gasteiger partial charge in [-0.2, -0.15) is 0 Å². The minimum absolute atomic E-state index is 0.439. The molecule has 2 nitrogen and oxygen atoms in total. The fraction of sp³-hybridized carbons (Fsp3) is 0.667. The van der Waals surface area contributed by atoms with E-state index in [2.05, 4.69) is 32.2 Å². The first-order chi connectivity index (χ1) is 7.95. The molecule has 2 rings (SSSR count). The van der Waals surface area contributed by atoms with Crippen molar-refractivity contribution in [1.29, 1.82) is 0 Å². The highest BCUT2D eigenvalue weighted by Crippen LogP contribution is 2.56. The van der Waals surface area contributed by atoms with Crippen LogP contribution in [0, 0.1) is 17.3 Å². The molecule has 0 radical (unpaired) electrons. The third kappa shape index (κ3) is 2.18. The first-order valence-corrected chi connectivity index (χ1v) is 6.52. The van der Waals surface area contributed by atoms with Gasteiger partial charge in [0.25, 0.3) is 0 Å². The standard InChI is InChI=1S/C15H23NO/c1-10-6-8-14(16-17)11(2)5-7-13-12(10)9-15(13,3)4/h12-13,17H,1-2,5-9H2,3-4H3/b16-14-/t12-,13+/m1/s1. The Morgan fingerprint density at radius 2 is 1.94 bits per heavy atom. The summed E-state index contributed by atoms with van der Waals surface area (Å²) in [6.45, 7) is 13.0. The van der Waals surface area contributed by atoms with Crippen LogP contribution in [0.4, 0.5) is 0 Å². The van der Waals surface area contributed by atoms with Crippen LogP contribution >= 0.6 is 0 Å². The first-order valence-electron chi connectivity index (χ1n) is 6.52. The van der Waals surface area contributed by atoms with E-state index in [1.165, 1.54) is 12.0 Å². The molecule has 2 aliphatic rings. The van der Waals surface area contributed by atoms with Gasteiger partial charge in [-0.1, -0.05) is 37.7 Å². The summed E-state index contributed by atoms with van der Waals surface area (Å²) < 4.78 is 0. The van der Waals surface area contributed by atoms with Crippen LogP contribution in [0.1, 0.15) is 46.0 Å². The van der Waals surface area contributed by atoms with Gasteiger partial charge in [-0.3, -0.25) is 0 Å². The van der Waals surface area contributed by atoms with Crippen LogP contribution in [0.5, 0.6) is 0 Å².